The molecule has 0 bridgehead atoms. The molecular formula is C18H22ClN3O4. The molecule has 1 saturated carbocycles. The highest BCUT2D eigenvalue weighted by Gasteiger charge is 2.30. The normalized spacial score (nSPS) is 18.7. The van der Waals surface area contributed by atoms with E-state index in [0.717, 1.165) is 25.7 Å². The van der Waals surface area contributed by atoms with E-state index < -0.39 is 4.92 Å². The zero-order chi connectivity index (χ0) is 18.7. The summed E-state index contributed by atoms with van der Waals surface area (Å²) < 4.78 is 0. The van der Waals surface area contributed by atoms with Crippen LogP contribution in [0.1, 0.15) is 42.5 Å². The summed E-state index contributed by atoms with van der Waals surface area (Å²) >= 11 is 6.06. The van der Waals surface area contributed by atoms with Gasteiger partial charge in [0.25, 0.3) is 11.6 Å². The van der Waals surface area contributed by atoms with Gasteiger partial charge in [-0.05, 0) is 18.9 Å². The van der Waals surface area contributed by atoms with Crippen LogP contribution >= 0.6 is 11.6 Å². The SMILES string of the molecule is O=C(c1cc([N+](=O)[O-])ccc1Cl)N1CCN(C(=O)C2CCCCC2)CC1. The molecule has 1 aromatic carbocycles. The van der Waals surface area contributed by atoms with Gasteiger partial charge in [-0.3, -0.25) is 19.7 Å². The molecule has 1 aliphatic carbocycles. The van der Waals surface area contributed by atoms with Gasteiger partial charge in [0.2, 0.25) is 5.91 Å². The van der Waals surface area contributed by atoms with Gasteiger partial charge in [0.1, 0.15) is 0 Å². The Hall–Kier alpha value is -2.15. The Kier molecular flexibility index (Phi) is 5.76. The maximum atomic E-state index is 12.7. The lowest BCUT2D eigenvalue weighted by molar-refractivity contribution is -0.384. The number of benzene rings is 1. The van der Waals surface area contributed by atoms with Gasteiger partial charge >= 0.3 is 0 Å². The van der Waals surface area contributed by atoms with Gasteiger partial charge in [-0.25, -0.2) is 0 Å². The van der Waals surface area contributed by atoms with Crippen molar-refractivity contribution >= 4 is 29.1 Å². The van der Waals surface area contributed by atoms with Gasteiger partial charge in [0, 0.05) is 44.2 Å². The minimum absolute atomic E-state index is 0.122. The zero-order valence-electron chi connectivity index (χ0n) is 14.5. The molecule has 1 aliphatic heterocycles. The number of rotatable bonds is 3. The molecule has 2 fully saturated rings. The number of nitrogens with zero attached hydrogens (tertiary/aromatic N) is 3. The fourth-order valence-corrected chi connectivity index (χ4v) is 3.90. The highest BCUT2D eigenvalue weighted by Crippen LogP contribution is 2.27. The van der Waals surface area contributed by atoms with Crippen LogP contribution in [0.2, 0.25) is 5.02 Å². The van der Waals surface area contributed by atoms with E-state index >= 15 is 0 Å². The van der Waals surface area contributed by atoms with Crippen molar-refractivity contribution in [2.45, 2.75) is 32.1 Å². The molecule has 1 saturated heterocycles. The summed E-state index contributed by atoms with van der Waals surface area (Å²) in [6.45, 7) is 1.81. The van der Waals surface area contributed by atoms with Crippen LogP contribution in [-0.4, -0.2) is 52.7 Å². The second-order valence-corrected chi connectivity index (χ2v) is 7.28. The Balaban J connectivity index is 1.62. The van der Waals surface area contributed by atoms with Crippen molar-refractivity contribution < 1.29 is 14.5 Å². The van der Waals surface area contributed by atoms with Gasteiger partial charge in [0.15, 0.2) is 0 Å². The van der Waals surface area contributed by atoms with Crippen LogP contribution in [0.3, 0.4) is 0 Å². The second kappa shape index (κ2) is 8.03. The van der Waals surface area contributed by atoms with Crippen molar-refractivity contribution in [3.8, 4) is 0 Å². The van der Waals surface area contributed by atoms with E-state index in [1.165, 1.54) is 24.6 Å². The van der Waals surface area contributed by atoms with Crippen LogP contribution in [0, 0.1) is 16.0 Å². The molecule has 0 atom stereocenters. The average molecular weight is 380 g/mol. The van der Waals surface area contributed by atoms with Crippen molar-refractivity contribution in [2.75, 3.05) is 26.2 Å². The molecule has 2 aliphatic rings. The van der Waals surface area contributed by atoms with Crippen LogP contribution in [-0.2, 0) is 4.79 Å². The maximum absolute atomic E-state index is 12.7. The molecule has 8 heteroatoms. The fraction of sp³-hybridized carbons (Fsp3) is 0.556. The second-order valence-electron chi connectivity index (χ2n) is 6.87. The Morgan fingerprint density at radius 3 is 2.27 bits per heavy atom. The van der Waals surface area contributed by atoms with Gasteiger partial charge in [-0.2, -0.15) is 0 Å². The molecule has 0 N–H and O–H groups in total. The molecule has 140 valence electrons. The fourth-order valence-electron chi connectivity index (χ4n) is 3.70. The topological polar surface area (TPSA) is 83.8 Å². The lowest BCUT2D eigenvalue weighted by Gasteiger charge is -2.37. The summed E-state index contributed by atoms with van der Waals surface area (Å²) in [6.07, 6.45) is 5.35. The predicted molar refractivity (Wildman–Crippen MR) is 97.2 cm³/mol. The first-order valence-corrected chi connectivity index (χ1v) is 9.37. The summed E-state index contributed by atoms with van der Waals surface area (Å²) in [5.41, 5.74) is -0.0308. The first kappa shape index (κ1) is 18.6. The molecular weight excluding hydrogens is 358 g/mol. The number of non-ortho nitro benzene ring substituents is 1. The molecule has 0 spiro atoms. The third-order valence-corrected chi connectivity index (χ3v) is 5.55. The molecule has 0 aromatic heterocycles. The smallest absolute Gasteiger partial charge is 0.270 e. The molecule has 0 radical (unpaired) electrons. The molecule has 2 amide bonds. The number of amides is 2. The Morgan fingerprint density at radius 2 is 1.65 bits per heavy atom. The third-order valence-electron chi connectivity index (χ3n) is 5.22. The summed E-state index contributed by atoms with van der Waals surface area (Å²) in [4.78, 5) is 39.1. The first-order chi connectivity index (χ1) is 12.5. The molecule has 1 heterocycles. The minimum Gasteiger partial charge on any atom is -0.339 e. The number of carbonyl (C=O) groups is 2. The van der Waals surface area contributed by atoms with Crippen LogP contribution in [0.25, 0.3) is 0 Å². The van der Waals surface area contributed by atoms with Crippen LogP contribution in [0.5, 0.6) is 0 Å². The number of piperazine rings is 1. The van der Waals surface area contributed by atoms with Crippen molar-refractivity contribution in [2.24, 2.45) is 5.92 Å². The van der Waals surface area contributed by atoms with Crippen LogP contribution in [0.15, 0.2) is 18.2 Å². The standard InChI is InChI=1S/C18H22ClN3O4/c19-16-7-6-14(22(25)26)12-15(16)18(24)21-10-8-20(9-11-21)17(23)13-4-2-1-3-5-13/h6-7,12-13H,1-5,8-11H2. The van der Waals surface area contributed by atoms with E-state index in [1.807, 2.05) is 4.90 Å². The Bertz CT molecular complexity index is 710. The number of nitro groups is 1. The predicted octanol–water partition coefficient (Wildman–Crippen LogP) is 3.11. The number of carbonyl (C=O) groups excluding carboxylic acids is 2. The summed E-state index contributed by atoms with van der Waals surface area (Å²) in [5.74, 6) is -0.00846. The highest BCUT2D eigenvalue weighted by molar-refractivity contribution is 6.33. The van der Waals surface area contributed by atoms with Gasteiger partial charge in [0.05, 0.1) is 15.5 Å². The largest absolute Gasteiger partial charge is 0.339 e. The van der Waals surface area contributed by atoms with Crippen molar-refractivity contribution in [3.63, 3.8) is 0 Å². The van der Waals surface area contributed by atoms with Gasteiger partial charge in [-0.15, -0.1) is 0 Å². The molecule has 26 heavy (non-hydrogen) atoms. The summed E-state index contributed by atoms with van der Waals surface area (Å²) in [6, 6.07) is 3.86. The Morgan fingerprint density at radius 1 is 1.04 bits per heavy atom. The lowest BCUT2D eigenvalue weighted by atomic mass is 9.88. The van der Waals surface area contributed by atoms with E-state index in [2.05, 4.69) is 0 Å². The number of hydrogen-bond donors (Lipinski definition) is 0. The minimum atomic E-state index is -0.548. The van der Waals surface area contributed by atoms with E-state index in [0.29, 0.717) is 26.2 Å². The highest BCUT2D eigenvalue weighted by atomic mass is 35.5. The monoisotopic (exact) mass is 379 g/mol. The van der Waals surface area contributed by atoms with E-state index in [1.54, 1.807) is 4.90 Å². The quantitative estimate of drug-likeness (QED) is 0.596. The van der Waals surface area contributed by atoms with Crippen LogP contribution in [0.4, 0.5) is 5.69 Å². The summed E-state index contributed by atoms with van der Waals surface area (Å²) in [5, 5.41) is 11.1. The number of halogens is 1. The molecule has 7 nitrogen and oxygen atoms in total. The van der Waals surface area contributed by atoms with Crippen molar-refractivity contribution in [1.82, 2.24) is 9.80 Å². The Labute approximate surface area is 157 Å². The lowest BCUT2D eigenvalue weighted by Crippen LogP contribution is -2.52. The van der Waals surface area contributed by atoms with E-state index in [-0.39, 0.29) is 34.0 Å². The maximum Gasteiger partial charge on any atom is 0.270 e. The average Bonchev–Trinajstić information content (AvgIpc) is 2.68. The van der Waals surface area contributed by atoms with Gasteiger partial charge in [-0.1, -0.05) is 30.9 Å². The van der Waals surface area contributed by atoms with Crippen molar-refractivity contribution in [3.05, 3.63) is 38.9 Å². The third kappa shape index (κ3) is 3.98. The first-order valence-electron chi connectivity index (χ1n) is 8.99. The zero-order valence-corrected chi connectivity index (χ0v) is 15.3. The van der Waals surface area contributed by atoms with E-state index in [4.69, 9.17) is 11.6 Å². The number of nitro benzene ring substituents is 1. The van der Waals surface area contributed by atoms with Crippen molar-refractivity contribution in [1.29, 1.82) is 0 Å². The van der Waals surface area contributed by atoms with Crippen LogP contribution < -0.4 is 0 Å². The summed E-state index contributed by atoms with van der Waals surface area (Å²) in [7, 11) is 0. The molecule has 3 rings (SSSR count). The molecule has 0 unspecified atom stereocenters. The van der Waals surface area contributed by atoms with E-state index in [9.17, 15) is 19.7 Å². The number of hydrogen-bond acceptors (Lipinski definition) is 4. The molecule has 1 aromatic rings. The van der Waals surface area contributed by atoms with Gasteiger partial charge < -0.3 is 9.80 Å².